The zero-order valence-electron chi connectivity index (χ0n) is 18.0. The molecule has 0 unspecified atom stereocenters. The zero-order valence-corrected chi connectivity index (χ0v) is 18.0. The van der Waals surface area contributed by atoms with Gasteiger partial charge >= 0.3 is 6.03 Å². The summed E-state index contributed by atoms with van der Waals surface area (Å²) in [5.74, 6) is 0.979. The molecular formula is C23H30N6O. The van der Waals surface area contributed by atoms with Crippen LogP contribution in [0.3, 0.4) is 0 Å². The van der Waals surface area contributed by atoms with Crippen molar-refractivity contribution in [1.29, 1.82) is 0 Å². The quantitative estimate of drug-likeness (QED) is 0.706. The Morgan fingerprint density at radius 2 is 1.97 bits per heavy atom. The fourth-order valence-electron chi connectivity index (χ4n) is 3.82. The number of pyridine rings is 1. The number of aromatic nitrogens is 3. The number of fused-ring (bicyclic) bond motifs is 1. The molecule has 1 N–H and O–H groups in total. The largest absolute Gasteiger partial charge is 0.336 e. The van der Waals surface area contributed by atoms with E-state index in [9.17, 15) is 4.79 Å². The van der Waals surface area contributed by atoms with Crippen LogP contribution in [-0.2, 0) is 6.54 Å². The van der Waals surface area contributed by atoms with Crippen LogP contribution in [0.15, 0.2) is 42.6 Å². The van der Waals surface area contributed by atoms with Crippen LogP contribution in [0.2, 0.25) is 0 Å². The lowest BCUT2D eigenvalue weighted by Gasteiger charge is -2.35. The van der Waals surface area contributed by atoms with Crippen LogP contribution in [0.4, 0.5) is 4.79 Å². The van der Waals surface area contributed by atoms with Crippen LogP contribution in [0.1, 0.15) is 31.7 Å². The minimum absolute atomic E-state index is 0.0419. The average molecular weight is 407 g/mol. The first-order valence-electron chi connectivity index (χ1n) is 10.7. The Balaban J connectivity index is 1.51. The molecule has 1 aliphatic rings. The number of rotatable bonds is 5. The second-order valence-corrected chi connectivity index (χ2v) is 8.07. The van der Waals surface area contributed by atoms with Gasteiger partial charge in [0.25, 0.3) is 0 Å². The second kappa shape index (κ2) is 8.83. The van der Waals surface area contributed by atoms with Crippen LogP contribution < -0.4 is 5.32 Å². The minimum Gasteiger partial charge on any atom is -0.336 e. The number of amides is 2. The van der Waals surface area contributed by atoms with Crippen molar-refractivity contribution in [3.63, 3.8) is 0 Å². The minimum atomic E-state index is 0.0419. The summed E-state index contributed by atoms with van der Waals surface area (Å²) in [7, 11) is 0. The lowest BCUT2D eigenvalue weighted by molar-refractivity contribution is 0.131. The smallest absolute Gasteiger partial charge is 0.317 e. The van der Waals surface area contributed by atoms with Crippen LogP contribution in [0.5, 0.6) is 0 Å². The van der Waals surface area contributed by atoms with Gasteiger partial charge < -0.3 is 10.2 Å². The lowest BCUT2D eigenvalue weighted by Crippen LogP contribution is -2.52. The van der Waals surface area contributed by atoms with E-state index in [1.807, 2.05) is 30.2 Å². The number of nitrogens with one attached hydrogen (secondary N) is 1. The van der Waals surface area contributed by atoms with Gasteiger partial charge in [-0.1, -0.05) is 19.1 Å². The van der Waals surface area contributed by atoms with E-state index >= 15 is 0 Å². The maximum Gasteiger partial charge on any atom is 0.317 e. The van der Waals surface area contributed by atoms with Crippen molar-refractivity contribution >= 4 is 17.2 Å². The molecule has 1 saturated heterocycles. The number of aryl methyl sites for hydroxylation is 1. The number of benzene rings is 1. The molecule has 2 aromatic heterocycles. The van der Waals surface area contributed by atoms with Crippen LogP contribution in [0.25, 0.3) is 16.9 Å². The van der Waals surface area contributed by atoms with Gasteiger partial charge in [0.1, 0.15) is 11.3 Å². The molecule has 7 nitrogen and oxygen atoms in total. The number of carbonyl (C=O) groups is 1. The Labute approximate surface area is 177 Å². The number of urea groups is 1. The summed E-state index contributed by atoms with van der Waals surface area (Å²) in [6.07, 6.45) is 2.75. The molecular weight excluding hydrogens is 376 g/mol. The fourth-order valence-corrected chi connectivity index (χ4v) is 3.82. The molecule has 0 bridgehead atoms. The first-order valence-corrected chi connectivity index (χ1v) is 10.7. The van der Waals surface area contributed by atoms with Crippen molar-refractivity contribution in [2.45, 2.75) is 39.8 Å². The molecule has 0 radical (unpaired) electrons. The predicted octanol–water partition coefficient (Wildman–Crippen LogP) is 3.35. The van der Waals surface area contributed by atoms with Gasteiger partial charge in [0.05, 0.1) is 6.54 Å². The van der Waals surface area contributed by atoms with Gasteiger partial charge in [-0.15, -0.1) is 0 Å². The van der Waals surface area contributed by atoms with E-state index < -0.39 is 0 Å². The highest BCUT2D eigenvalue weighted by molar-refractivity contribution is 5.75. The summed E-state index contributed by atoms with van der Waals surface area (Å²) in [6, 6.07) is 12.6. The van der Waals surface area contributed by atoms with Crippen LogP contribution in [-0.4, -0.2) is 62.6 Å². The van der Waals surface area contributed by atoms with Crippen molar-refractivity contribution in [2.24, 2.45) is 0 Å². The van der Waals surface area contributed by atoms with Crippen molar-refractivity contribution in [3.05, 3.63) is 54.0 Å². The molecule has 3 heterocycles. The first kappa shape index (κ1) is 20.3. The lowest BCUT2D eigenvalue weighted by atomic mass is 10.2. The van der Waals surface area contributed by atoms with Crippen molar-refractivity contribution < 1.29 is 4.79 Å². The summed E-state index contributed by atoms with van der Waals surface area (Å²) < 4.78 is 2.16. The standard InChI is InChI=1S/C23H30N6O/c1-4-18(3)25-23(30)28-13-11-27(12-14-28)16-21-26-20-9-6-10-24-22(20)29(21)19-8-5-7-17(2)15-19/h5-10,15,18H,4,11-14,16H2,1-3H3,(H,25,30)/t18-/m0/s1. The van der Waals surface area contributed by atoms with Crippen molar-refractivity contribution in [3.8, 4) is 5.69 Å². The number of nitrogens with zero attached hydrogens (tertiary/aromatic N) is 5. The number of hydrogen-bond acceptors (Lipinski definition) is 4. The molecule has 4 rings (SSSR count). The van der Waals surface area contributed by atoms with Gasteiger partial charge in [0.15, 0.2) is 5.65 Å². The highest BCUT2D eigenvalue weighted by Gasteiger charge is 2.24. The first-order chi connectivity index (χ1) is 14.5. The van der Waals surface area contributed by atoms with E-state index in [4.69, 9.17) is 4.98 Å². The third-order valence-electron chi connectivity index (χ3n) is 5.75. The molecule has 1 aromatic carbocycles. The van der Waals surface area contributed by atoms with E-state index in [1.54, 1.807) is 0 Å². The highest BCUT2D eigenvalue weighted by atomic mass is 16.2. The molecule has 1 fully saturated rings. The van der Waals surface area contributed by atoms with Crippen molar-refractivity contribution in [1.82, 2.24) is 29.7 Å². The Morgan fingerprint density at radius 3 is 2.70 bits per heavy atom. The average Bonchev–Trinajstić information content (AvgIpc) is 3.11. The molecule has 3 aromatic rings. The topological polar surface area (TPSA) is 66.3 Å². The molecule has 1 aliphatic heterocycles. The maximum absolute atomic E-state index is 12.4. The molecule has 7 heteroatoms. The highest BCUT2D eigenvalue weighted by Crippen LogP contribution is 2.22. The van der Waals surface area contributed by atoms with Crippen molar-refractivity contribution in [2.75, 3.05) is 26.2 Å². The van der Waals surface area contributed by atoms with Crippen LogP contribution in [0, 0.1) is 6.92 Å². The van der Waals surface area contributed by atoms with E-state index in [2.05, 4.69) is 57.9 Å². The summed E-state index contributed by atoms with van der Waals surface area (Å²) >= 11 is 0. The summed E-state index contributed by atoms with van der Waals surface area (Å²) in [4.78, 5) is 26.1. The predicted molar refractivity (Wildman–Crippen MR) is 119 cm³/mol. The molecule has 0 spiro atoms. The number of piperazine rings is 1. The monoisotopic (exact) mass is 406 g/mol. The Hall–Kier alpha value is -2.93. The van der Waals surface area contributed by atoms with E-state index in [0.29, 0.717) is 0 Å². The molecule has 30 heavy (non-hydrogen) atoms. The second-order valence-electron chi connectivity index (χ2n) is 8.07. The van der Waals surface area contributed by atoms with E-state index in [1.165, 1.54) is 5.56 Å². The molecule has 2 amide bonds. The Kier molecular flexibility index (Phi) is 5.99. The third-order valence-corrected chi connectivity index (χ3v) is 5.75. The fraction of sp³-hybridized carbons (Fsp3) is 0.435. The van der Waals surface area contributed by atoms with E-state index in [0.717, 1.165) is 61.8 Å². The number of imidazole rings is 1. The molecule has 158 valence electrons. The molecule has 1 atom stereocenters. The van der Waals surface area contributed by atoms with Gasteiger partial charge in [0, 0.05) is 44.1 Å². The van der Waals surface area contributed by atoms with Gasteiger partial charge in [-0.3, -0.25) is 9.47 Å². The van der Waals surface area contributed by atoms with Gasteiger partial charge in [-0.2, -0.15) is 0 Å². The molecule has 0 aliphatic carbocycles. The Bertz CT molecular complexity index is 1020. The summed E-state index contributed by atoms with van der Waals surface area (Å²) in [6.45, 7) is 10.1. The van der Waals surface area contributed by atoms with Gasteiger partial charge in [-0.05, 0) is 50.1 Å². The Morgan fingerprint density at radius 1 is 1.17 bits per heavy atom. The normalized spacial score (nSPS) is 16.0. The summed E-state index contributed by atoms with van der Waals surface area (Å²) in [5.41, 5.74) is 4.07. The molecule has 0 saturated carbocycles. The third kappa shape index (κ3) is 4.31. The summed E-state index contributed by atoms with van der Waals surface area (Å²) in [5, 5.41) is 3.06. The number of hydrogen-bond donors (Lipinski definition) is 1. The van der Waals surface area contributed by atoms with Gasteiger partial charge in [0.2, 0.25) is 0 Å². The zero-order chi connectivity index (χ0) is 21.1. The van der Waals surface area contributed by atoms with Crippen LogP contribution >= 0.6 is 0 Å². The SMILES string of the molecule is CC[C@H](C)NC(=O)N1CCN(Cc2nc3cccnc3n2-c2cccc(C)c2)CC1. The maximum atomic E-state index is 12.4. The van der Waals surface area contributed by atoms with E-state index in [-0.39, 0.29) is 12.1 Å². The van der Waals surface area contributed by atoms with Gasteiger partial charge in [-0.25, -0.2) is 14.8 Å². The number of carbonyl (C=O) groups excluding carboxylic acids is 1.